The maximum absolute atomic E-state index is 12.8. The van der Waals surface area contributed by atoms with Crippen molar-refractivity contribution < 1.29 is 26.0 Å². The Morgan fingerprint density at radius 3 is 2.29 bits per heavy atom. The number of alkyl halides is 4. The molecule has 0 aliphatic rings. The number of rotatable bonds is 6. The molecule has 11 heteroatoms. The molecule has 0 spiro atoms. The number of hydrogen-bond donors (Lipinski definition) is 2. The molecule has 120 valence electrons. The Balaban J connectivity index is 3.09. The Labute approximate surface area is 128 Å². The highest BCUT2D eigenvalue weighted by Gasteiger charge is 2.41. The summed E-state index contributed by atoms with van der Waals surface area (Å²) in [5.74, 6) is -4.50. The van der Waals surface area contributed by atoms with Crippen LogP contribution >= 0.6 is 23.2 Å². The Hall–Kier alpha value is -0.610. The molecule has 0 aromatic heterocycles. The maximum Gasteiger partial charge on any atom is 0.320 e. The molecule has 21 heavy (non-hydrogen) atoms. The van der Waals surface area contributed by atoms with Crippen molar-refractivity contribution in [2.24, 2.45) is 5.73 Å². The van der Waals surface area contributed by atoms with Gasteiger partial charge in [-0.05, 0) is 17.7 Å². The van der Waals surface area contributed by atoms with Crippen LogP contribution in [0.3, 0.4) is 0 Å². The Kier molecular flexibility index (Phi) is 5.84. The van der Waals surface area contributed by atoms with E-state index in [0.29, 0.717) is 0 Å². The van der Waals surface area contributed by atoms with E-state index in [0.717, 1.165) is 12.1 Å². The average Bonchev–Trinajstić information content (AvgIpc) is 2.36. The van der Waals surface area contributed by atoms with Gasteiger partial charge in [-0.3, -0.25) is 0 Å². The second-order valence-electron chi connectivity index (χ2n) is 3.96. The third-order valence-electron chi connectivity index (χ3n) is 2.43. The highest BCUT2D eigenvalue weighted by molar-refractivity contribution is 7.89. The van der Waals surface area contributed by atoms with Gasteiger partial charge in [0.2, 0.25) is 10.0 Å². The molecule has 0 heterocycles. The highest BCUT2D eigenvalue weighted by atomic mass is 35.5. The molecule has 1 rings (SSSR count). The van der Waals surface area contributed by atoms with Crippen LogP contribution in [-0.2, 0) is 16.6 Å². The quantitative estimate of drug-likeness (QED) is 0.758. The Morgan fingerprint density at radius 1 is 1.24 bits per heavy atom. The predicted octanol–water partition coefficient (Wildman–Crippen LogP) is 2.63. The van der Waals surface area contributed by atoms with E-state index in [1.807, 2.05) is 0 Å². The lowest BCUT2D eigenvalue weighted by Gasteiger charge is -2.16. The fourth-order valence-electron chi connectivity index (χ4n) is 1.28. The molecule has 3 N–H and O–H groups in total. The van der Waals surface area contributed by atoms with Crippen LogP contribution in [0.15, 0.2) is 17.0 Å². The van der Waals surface area contributed by atoms with Crippen molar-refractivity contribution in [2.45, 2.75) is 23.8 Å². The smallest absolute Gasteiger partial charge is 0.320 e. The summed E-state index contributed by atoms with van der Waals surface area (Å²) in [5, 5.41) is -0.246. The van der Waals surface area contributed by atoms with Gasteiger partial charge in [-0.25, -0.2) is 21.9 Å². The van der Waals surface area contributed by atoms with Gasteiger partial charge >= 0.3 is 12.3 Å². The van der Waals surface area contributed by atoms with Crippen molar-refractivity contribution in [1.29, 1.82) is 0 Å². The summed E-state index contributed by atoms with van der Waals surface area (Å²) in [5.41, 5.74) is 5.54. The summed E-state index contributed by atoms with van der Waals surface area (Å²) in [6, 6.07) is 2.07. The SMILES string of the molecule is NCc1cc(S(=O)(=O)NCC(F)(F)C(F)F)c(Cl)cc1Cl. The number of benzene rings is 1. The zero-order valence-electron chi connectivity index (χ0n) is 10.2. The van der Waals surface area contributed by atoms with Gasteiger partial charge in [0.25, 0.3) is 0 Å². The van der Waals surface area contributed by atoms with Crippen molar-refractivity contribution >= 4 is 33.2 Å². The molecule has 0 saturated carbocycles. The number of hydrogen-bond acceptors (Lipinski definition) is 3. The molecule has 0 fully saturated rings. The summed E-state index contributed by atoms with van der Waals surface area (Å²) in [4.78, 5) is -0.570. The van der Waals surface area contributed by atoms with Crippen molar-refractivity contribution in [3.05, 3.63) is 27.7 Å². The van der Waals surface area contributed by atoms with E-state index in [9.17, 15) is 26.0 Å². The molecule has 0 aliphatic carbocycles. The molecule has 0 bridgehead atoms. The summed E-state index contributed by atoms with van der Waals surface area (Å²) in [6.45, 7) is -1.88. The third kappa shape index (κ3) is 4.43. The van der Waals surface area contributed by atoms with Gasteiger partial charge in [-0.2, -0.15) is 8.78 Å². The summed E-state index contributed by atoms with van der Waals surface area (Å²) in [6.07, 6.45) is -4.00. The summed E-state index contributed by atoms with van der Waals surface area (Å²) >= 11 is 11.4. The number of halogens is 6. The fraction of sp³-hybridized carbons (Fsp3) is 0.400. The van der Waals surface area contributed by atoms with Crippen LogP contribution in [0.4, 0.5) is 17.6 Å². The molecule has 1 aromatic carbocycles. The van der Waals surface area contributed by atoms with E-state index in [4.69, 9.17) is 28.9 Å². The van der Waals surface area contributed by atoms with E-state index in [2.05, 4.69) is 0 Å². The number of sulfonamides is 1. The largest absolute Gasteiger partial charge is 0.326 e. The van der Waals surface area contributed by atoms with Gasteiger partial charge in [-0.15, -0.1) is 0 Å². The van der Waals surface area contributed by atoms with Crippen LogP contribution in [0.1, 0.15) is 5.56 Å². The van der Waals surface area contributed by atoms with Gasteiger partial charge < -0.3 is 5.73 Å². The second kappa shape index (κ2) is 6.66. The zero-order chi connectivity index (χ0) is 16.4. The van der Waals surface area contributed by atoms with Crippen molar-refractivity contribution in [2.75, 3.05) is 6.54 Å². The molecule has 0 radical (unpaired) electrons. The van der Waals surface area contributed by atoms with E-state index in [1.54, 1.807) is 0 Å². The topological polar surface area (TPSA) is 72.2 Å². The minimum absolute atomic E-state index is 0.0966. The average molecular weight is 369 g/mol. The highest BCUT2D eigenvalue weighted by Crippen LogP contribution is 2.29. The van der Waals surface area contributed by atoms with Gasteiger partial charge in [-0.1, -0.05) is 23.2 Å². The molecule has 0 aliphatic heterocycles. The van der Waals surface area contributed by atoms with Gasteiger partial charge in [0.05, 0.1) is 11.6 Å². The molecular formula is C10H10Cl2F4N2O2S. The van der Waals surface area contributed by atoms with Crippen molar-refractivity contribution in [1.82, 2.24) is 4.72 Å². The molecule has 0 atom stereocenters. The van der Waals surface area contributed by atoms with Crippen LogP contribution in [-0.4, -0.2) is 27.3 Å². The summed E-state index contributed by atoms with van der Waals surface area (Å²) in [7, 11) is -4.52. The normalized spacial score (nSPS) is 13.0. The van der Waals surface area contributed by atoms with Crippen LogP contribution in [0.25, 0.3) is 0 Å². The third-order valence-corrected chi connectivity index (χ3v) is 4.65. The zero-order valence-corrected chi connectivity index (χ0v) is 12.5. The van der Waals surface area contributed by atoms with Gasteiger partial charge in [0.1, 0.15) is 4.90 Å². The monoisotopic (exact) mass is 368 g/mol. The van der Waals surface area contributed by atoms with Gasteiger partial charge in [0, 0.05) is 11.6 Å². The Bertz CT molecular complexity index is 626. The molecule has 1 aromatic rings. The van der Waals surface area contributed by atoms with E-state index in [-0.39, 0.29) is 22.2 Å². The van der Waals surface area contributed by atoms with E-state index < -0.39 is 33.8 Å². The van der Waals surface area contributed by atoms with Crippen LogP contribution < -0.4 is 10.5 Å². The lowest BCUT2D eigenvalue weighted by Crippen LogP contribution is -2.41. The molecule has 0 saturated heterocycles. The first-order chi connectivity index (χ1) is 9.51. The maximum atomic E-state index is 12.8. The predicted molar refractivity (Wildman–Crippen MR) is 70.5 cm³/mol. The van der Waals surface area contributed by atoms with E-state index in [1.165, 1.54) is 4.72 Å². The minimum atomic E-state index is -4.52. The number of nitrogens with one attached hydrogen (secondary N) is 1. The second-order valence-corrected chi connectivity index (χ2v) is 6.51. The molecular weight excluding hydrogens is 359 g/mol. The lowest BCUT2D eigenvalue weighted by molar-refractivity contribution is -0.122. The van der Waals surface area contributed by atoms with Gasteiger partial charge in [0.15, 0.2) is 0 Å². The van der Waals surface area contributed by atoms with Crippen molar-refractivity contribution in [3.8, 4) is 0 Å². The van der Waals surface area contributed by atoms with Crippen LogP contribution in [0.5, 0.6) is 0 Å². The first kappa shape index (κ1) is 18.4. The first-order valence-electron chi connectivity index (χ1n) is 5.35. The molecule has 0 unspecified atom stereocenters. The lowest BCUT2D eigenvalue weighted by atomic mass is 10.2. The standard InChI is InChI=1S/C10H10Cl2F4N2O2S/c11-6-2-7(12)8(1-5(6)3-17)21(19,20)18-4-10(15,16)9(13)14/h1-2,9,18H,3-4,17H2. The van der Waals surface area contributed by atoms with E-state index >= 15 is 0 Å². The molecule has 0 amide bonds. The number of nitrogens with two attached hydrogens (primary N) is 1. The van der Waals surface area contributed by atoms with Crippen molar-refractivity contribution in [3.63, 3.8) is 0 Å². The van der Waals surface area contributed by atoms with Crippen LogP contribution in [0, 0.1) is 0 Å². The minimum Gasteiger partial charge on any atom is -0.326 e. The summed E-state index contributed by atoms with van der Waals surface area (Å²) < 4.78 is 74.6. The first-order valence-corrected chi connectivity index (χ1v) is 7.59. The molecule has 4 nitrogen and oxygen atoms in total. The fourth-order valence-corrected chi connectivity index (χ4v) is 3.20. The Morgan fingerprint density at radius 2 is 1.81 bits per heavy atom. The van der Waals surface area contributed by atoms with Crippen LogP contribution in [0.2, 0.25) is 10.0 Å².